The Morgan fingerprint density at radius 2 is 2.17 bits per heavy atom. The molecule has 1 saturated heterocycles. The van der Waals surface area contributed by atoms with Gasteiger partial charge in [-0.25, -0.2) is 9.78 Å². The van der Waals surface area contributed by atoms with Crippen LogP contribution in [0.25, 0.3) is 10.2 Å². The first-order chi connectivity index (χ1) is 10.9. The first kappa shape index (κ1) is 15.4. The van der Waals surface area contributed by atoms with Gasteiger partial charge in [-0.2, -0.15) is 0 Å². The summed E-state index contributed by atoms with van der Waals surface area (Å²) in [6.07, 6.45) is 0. The van der Waals surface area contributed by atoms with Crippen LogP contribution in [-0.2, 0) is 16.1 Å². The number of carbonyl (C=O) groups is 3. The molecule has 0 saturated carbocycles. The molecule has 7 nitrogen and oxygen atoms in total. The van der Waals surface area contributed by atoms with Gasteiger partial charge in [0.15, 0.2) is 0 Å². The van der Waals surface area contributed by atoms with Crippen LogP contribution in [0.3, 0.4) is 0 Å². The van der Waals surface area contributed by atoms with Crippen molar-refractivity contribution in [3.63, 3.8) is 0 Å². The third kappa shape index (κ3) is 2.89. The highest BCUT2D eigenvalue weighted by atomic mass is 32.1. The first-order valence-corrected chi connectivity index (χ1v) is 7.98. The van der Waals surface area contributed by atoms with Crippen LogP contribution in [0.5, 0.6) is 0 Å². The molecule has 2 heterocycles. The Bertz CT molecular complexity index is 799. The average molecular weight is 332 g/mol. The minimum atomic E-state index is -0.967. The first-order valence-electron chi connectivity index (χ1n) is 7.10. The summed E-state index contributed by atoms with van der Waals surface area (Å²) < 4.78 is 1.02. The van der Waals surface area contributed by atoms with Crippen molar-refractivity contribution in [2.75, 3.05) is 6.54 Å². The Hall–Kier alpha value is -2.48. The standard InChI is InChI=1S/C15H16N4O3S/c1-15(2)13(21)19(14(22)18-15)7-11(20)16-6-9-4-3-5-10-12(9)23-8-17-10/h3-5,8H,6-7H2,1-2H3,(H,16,20)(H,18,22). The number of nitrogens with zero attached hydrogens (tertiary/aromatic N) is 2. The van der Waals surface area contributed by atoms with Gasteiger partial charge in [0.25, 0.3) is 5.91 Å². The number of fused-ring (bicyclic) bond motifs is 1. The highest BCUT2D eigenvalue weighted by Gasteiger charge is 2.44. The van der Waals surface area contributed by atoms with Gasteiger partial charge in [0.2, 0.25) is 5.91 Å². The SMILES string of the molecule is CC1(C)NC(=O)N(CC(=O)NCc2cccc3ncsc23)C1=O. The van der Waals surface area contributed by atoms with Crippen molar-refractivity contribution in [2.45, 2.75) is 25.9 Å². The van der Waals surface area contributed by atoms with Crippen molar-refractivity contribution in [1.82, 2.24) is 20.5 Å². The Balaban J connectivity index is 1.63. The van der Waals surface area contributed by atoms with Crippen LogP contribution >= 0.6 is 11.3 Å². The van der Waals surface area contributed by atoms with E-state index in [0.717, 1.165) is 20.7 Å². The number of rotatable bonds is 4. The van der Waals surface area contributed by atoms with E-state index < -0.39 is 17.5 Å². The highest BCUT2D eigenvalue weighted by molar-refractivity contribution is 7.16. The van der Waals surface area contributed by atoms with Gasteiger partial charge in [0.1, 0.15) is 12.1 Å². The predicted molar refractivity (Wildman–Crippen MR) is 85.8 cm³/mol. The fourth-order valence-electron chi connectivity index (χ4n) is 2.44. The maximum atomic E-state index is 12.1. The van der Waals surface area contributed by atoms with Crippen molar-refractivity contribution in [1.29, 1.82) is 0 Å². The van der Waals surface area contributed by atoms with E-state index in [4.69, 9.17) is 0 Å². The summed E-state index contributed by atoms with van der Waals surface area (Å²) in [6, 6.07) is 5.16. The molecule has 1 aromatic heterocycles. The Labute approximate surface area is 136 Å². The molecular weight excluding hydrogens is 316 g/mol. The van der Waals surface area contributed by atoms with Gasteiger partial charge in [-0.05, 0) is 25.5 Å². The number of benzene rings is 1. The van der Waals surface area contributed by atoms with E-state index >= 15 is 0 Å². The number of thiazole rings is 1. The zero-order valence-electron chi connectivity index (χ0n) is 12.8. The monoisotopic (exact) mass is 332 g/mol. The molecule has 0 aliphatic carbocycles. The lowest BCUT2D eigenvalue weighted by Gasteiger charge is -2.15. The lowest BCUT2D eigenvalue weighted by molar-refractivity contribution is -0.134. The van der Waals surface area contributed by atoms with Crippen molar-refractivity contribution < 1.29 is 14.4 Å². The average Bonchev–Trinajstić information content (AvgIpc) is 3.04. The van der Waals surface area contributed by atoms with Crippen molar-refractivity contribution in [2.24, 2.45) is 0 Å². The molecule has 2 N–H and O–H groups in total. The predicted octanol–water partition coefficient (Wildman–Crippen LogP) is 1.24. The van der Waals surface area contributed by atoms with Crippen LogP contribution in [-0.4, -0.2) is 39.8 Å². The van der Waals surface area contributed by atoms with Gasteiger partial charge >= 0.3 is 6.03 Å². The van der Waals surface area contributed by atoms with Crippen LogP contribution in [0.2, 0.25) is 0 Å². The Morgan fingerprint density at radius 1 is 1.39 bits per heavy atom. The smallest absolute Gasteiger partial charge is 0.325 e. The number of nitrogens with one attached hydrogen (secondary N) is 2. The van der Waals surface area contributed by atoms with Gasteiger partial charge in [0, 0.05) is 6.54 Å². The summed E-state index contributed by atoms with van der Waals surface area (Å²) in [4.78, 5) is 41.0. The number of hydrogen-bond acceptors (Lipinski definition) is 5. The summed E-state index contributed by atoms with van der Waals surface area (Å²) in [5.41, 5.74) is 2.63. The molecule has 8 heteroatoms. The summed E-state index contributed by atoms with van der Waals surface area (Å²) in [7, 11) is 0. The largest absolute Gasteiger partial charge is 0.350 e. The molecule has 0 bridgehead atoms. The van der Waals surface area contributed by atoms with Crippen LogP contribution in [0.1, 0.15) is 19.4 Å². The van der Waals surface area contributed by atoms with E-state index in [1.807, 2.05) is 18.2 Å². The van der Waals surface area contributed by atoms with Crippen LogP contribution in [0.15, 0.2) is 23.7 Å². The quantitative estimate of drug-likeness (QED) is 0.824. The maximum absolute atomic E-state index is 12.1. The van der Waals surface area contributed by atoms with Gasteiger partial charge < -0.3 is 10.6 Å². The van der Waals surface area contributed by atoms with Crippen molar-refractivity contribution in [3.05, 3.63) is 29.3 Å². The Kier molecular flexibility index (Phi) is 3.77. The summed E-state index contributed by atoms with van der Waals surface area (Å²) in [6.45, 7) is 3.25. The summed E-state index contributed by atoms with van der Waals surface area (Å²) in [5.74, 6) is -0.782. The van der Waals surface area contributed by atoms with E-state index in [2.05, 4.69) is 15.6 Å². The molecule has 1 fully saturated rings. The summed E-state index contributed by atoms with van der Waals surface area (Å²) in [5, 5.41) is 5.29. The molecule has 0 atom stereocenters. The zero-order chi connectivity index (χ0) is 16.6. The lowest BCUT2D eigenvalue weighted by Crippen LogP contribution is -2.43. The third-order valence-electron chi connectivity index (χ3n) is 3.66. The molecule has 2 aromatic rings. The van der Waals surface area contributed by atoms with Gasteiger partial charge in [0.05, 0.1) is 15.7 Å². The lowest BCUT2D eigenvalue weighted by atomic mass is 10.1. The fraction of sp³-hybridized carbons (Fsp3) is 0.333. The minimum absolute atomic E-state index is 0.285. The van der Waals surface area contributed by atoms with Crippen molar-refractivity contribution in [3.8, 4) is 0 Å². The molecule has 3 rings (SSSR count). The molecule has 1 aliphatic heterocycles. The number of hydrogen-bond donors (Lipinski definition) is 2. The van der Waals surface area contributed by atoms with E-state index in [-0.39, 0.29) is 12.5 Å². The second kappa shape index (κ2) is 5.62. The summed E-state index contributed by atoms with van der Waals surface area (Å²) >= 11 is 1.51. The Morgan fingerprint density at radius 3 is 2.87 bits per heavy atom. The molecule has 0 spiro atoms. The molecule has 0 radical (unpaired) electrons. The topological polar surface area (TPSA) is 91.4 Å². The van der Waals surface area contributed by atoms with E-state index in [1.54, 1.807) is 19.4 Å². The molecule has 120 valence electrons. The third-order valence-corrected chi connectivity index (χ3v) is 4.58. The normalized spacial score (nSPS) is 16.7. The maximum Gasteiger partial charge on any atom is 0.325 e. The second-order valence-corrected chi connectivity index (χ2v) is 6.70. The highest BCUT2D eigenvalue weighted by Crippen LogP contribution is 2.22. The fourth-order valence-corrected chi connectivity index (χ4v) is 3.24. The van der Waals surface area contributed by atoms with Gasteiger partial charge in [-0.1, -0.05) is 12.1 Å². The zero-order valence-corrected chi connectivity index (χ0v) is 13.6. The van der Waals surface area contributed by atoms with Gasteiger partial charge in [-0.15, -0.1) is 11.3 Å². The second-order valence-electron chi connectivity index (χ2n) is 5.84. The number of urea groups is 1. The van der Waals surface area contributed by atoms with Crippen LogP contribution in [0, 0.1) is 0 Å². The van der Waals surface area contributed by atoms with Crippen molar-refractivity contribution >= 4 is 39.4 Å². The number of aromatic nitrogens is 1. The number of imide groups is 1. The molecule has 0 unspecified atom stereocenters. The minimum Gasteiger partial charge on any atom is -0.350 e. The molecule has 1 aliphatic rings. The van der Waals surface area contributed by atoms with E-state index in [1.165, 1.54) is 11.3 Å². The number of carbonyl (C=O) groups excluding carboxylic acids is 3. The molecule has 1 aromatic carbocycles. The van der Waals surface area contributed by atoms with Gasteiger partial charge in [-0.3, -0.25) is 14.5 Å². The molecule has 4 amide bonds. The molecule has 23 heavy (non-hydrogen) atoms. The van der Waals surface area contributed by atoms with Crippen LogP contribution in [0.4, 0.5) is 4.79 Å². The van der Waals surface area contributed by atoms with Crippen LogP contribution < -0.4 is 10.6 Å². The molecular formula is C15H16N4O3S. The van der Waals surface area contributed by atoms with E-state index in [9.17, 15) is 14.4 Å². The number of amides is 4. The van der Waals surface area contributed by atoms with E-state index in [0.29, 0.717) is 6.54 Å².